The number of amides is 1. The van der Waals surface area contributed by atoms with E-state index in [-0.39, 0.29) is 5.91 Å². The summed E-state index contributed by atoms with van der Waals surface area (Å²) < 4.78 is 5.12. The number of hydrogen-bond donors (Lipinski definition) is 2. The molecular weight excluding hydrogens is 326 g/mol. The lowest BCUT2D eigenvalue weighted by atomic mass is 10.1. The summed E-state index contributed by atoms with van der Waals surface area (Å²) in [6.07, 6.45) is 3.25. The third kappa shape index (κ3) is 4.00. The molecule has 0 spiro atoms. The molecule has 1 amide bonds. The van der Waals surface area contributed by atoms with Crippen LogP contribution in [0.4, 0.5) is 17.1 Å². The number of benzene rings is 2. The van der Waals surface area contributed by atoms with Crippen LogP contribution in [0.25, 0.3) is 0 Å². The molecule has 0 bridgehead atoms. The first kappa shape index (κ1) is 17.5. The zero-order valence-corrected chi connectivity index (χ0v) is 15.0. The van der Waals surface area contributed by atoms with Gasteiger partial charge in [-0.2, -0.15) is 0 Å². The molecule has 5 nitrogen and oxygen atoms in total. The van der Waals surface area contributed by atoms with E-state index in [1.54, 1.807) is 49.8 Å². The van der Waals surface area contributed by atoms with Gasteiger partial charge in [0.15, 0.2) is 0 Å². The fourth-order valence-electron chi connectivity index (χ4n) is 2.67. The molecule has 0 aliphatic heterocycles. The number of aryl methyl sites for hydroxylation is 2. The maximum atomic E-state index is 12.5. The number of nitrogens with zero attached hydrogens (tertiary/aromatic N) is 1. The molecule has 0 atom stereocenters. The van der Waals surface area contributed by atoms with Crippen molar-refractivity contribution in [2.75, 3.05) is 17.7 Å². The molecule has 26 heavy (non-hydrogen) atoms. The van der Waals surface area contributed by atoms with Gasteiger partial charge in [0, 0.05) is 17.6 Å². The molecular formula is C21H21N3O2. The van der Waals surface area contributed by atoms with Crippen LogP contribution in [0, 0.1) is 13.8 Å². The normalized spacial score (nSPS) is 10.3. The minimum atomic E-state index is -0.215. The number of carbonyl (C=O) groups is 1. The molecule has 0 aliphatic rings. The van der Waals surface area contributed by atoms with E-state index in [2.05, 4.69) is 15.6 Å². The molecule has 2 N–H and O–H groups in total. The zero-order valence-electron chi connectivity index (χ0n) is 15.0. The summed E-state index contributed by atoms with van der Waals surface area (Å²) in [6, 6.07) is 15.1. The molecule has 0 radical (unpaired) electrons. The summed E-state index contributed by atoms with van der Waals surface area (Å²) >= 11 is 0. The minimum Gasteiger partial charge on any atom is -0.497 e. The van der Waals surface area contributed by atoms with Crippen LogP contribution in [0.5, 0.6) is 5.75 Å². The van der Waals surface area contributed by atoms with Crippen LogP contribution in [0.15, 0.2) is 60.9 Å². The number of anilines is 3. The highest BCUT2D eigenvalue weighted by atomic mass is 16.5. The average Bonchev–Trinajstić information content (AvgIpc) is 2.66. The smallest absolute Gasteiger partial charge is 0.257 e. The van der Waals surface area contributed by atoms with E-state index < -0.39 is 0 Å². The van der Waals surface area contributed by atoms with Crippen molar-refractivity contribution in [2.24, 2.45) is 0 Å². The van der Waals surface area contributed by atoms with Gasteiger partial charge in [-0.3, -0.25) is 9.78 Å². The van der Waals surface area contributed by atoms with Crippen LogP contribution in [-0.4, -0.2) is 18.0 Å². The van der Waals surface area contributed by atoms with E-state index >= 15 is 0 Å². The average molecular weight is 347 g/mol. The van der Waals surface area contributed by atoms with E-state index in [1.807, 2.05) is 32.0 Å². The molecule has 0 unspecified atom stereocenters. The molecule has 5 heteroatoms. The predicted octanol–water partition coefficient (Wildman–Crippen LogP) is 4.70. The van der Waals surface area contributed by atoms with Crippen molar-refractivity contribution in [2.45, 2.75) is 13.8 Å². The Morgan fingerprint density at radius 3 is 2.31 bits per heavy atom. The number of aromatic nitrogens is 1. The van der Waals surface area contributed by atoms with Crippen molar-refractivity contribution in [1.82, 2.24) is 4.98 Å². The minimum absolute atomic E-state index is 0.215. The standard InChI is InChI=1S/C21H21N3O2/c1-14-5-4-6-15(2)20(14)23-18-11-16(12-22-13-18)21(25)24-17-7-9-19(26-3)10-8-17/h4-13,23H,1-3H3,(H,24,25). The Morgan fingerprint density at radius 2 is 1.65 bits per heavy atom. The van der Waals surface area contributed by atoms with Gasteiger partial charge in [0.1, 0.15) is 5.75 Å². The van der Waals surface area contributed by atoms with Crippen molar-refractivity contribution in [1.29, 1.82) is 0 Å². The molecule has 0 aliphatic carbocycles. The van der Waals surface area contributed by atoms with Crippen molar-refractivity contribution in [3.8, 4) is 5.75 Å². The molecule has 2 aromatic carbocycles. The predicted molar refractivity (Wildman–Crippen MR) is 104 cm³/mol. The van der Waals surface area contributed by atoms with Gasteiger partial charge in [0.25, 0.3) is 5.91 Å². The number of ether oxygens (including phenoxy) is 1. The number of nitrogens with one attached hydrogen (secondary N) is 2. The molecule has 3 rings (SSSR count). The second kappa shape index (κ2) is 7.70. The molecule has 0 fully saturated rings. The summed E-state index contributed by atoms with van der Waals surface area (Å²) in [5, 5.41) is 6.22. The highest BCUT2D eigenvalue weighted by Gasteiger charge is 2.09. The fraction of sp³-hybridized carbons (Fsp3) is 0.143. The van der Waals surface area contributed by atoms with E-state index in [0.717, 1.165) is 28.3 Å². The number of rotatable bonds is 5. The molecule has 3 aromatic rings. The van der Waals surface area contributed by atoms with Crippen molar-refractivity contribution >= 4 is 23.0 Å². The lowest BCUT2D eigenvalue weighted by Gasteiger charge is -2.13. The van der Waals surface area contributed by atoms with Crippen LogP contribution >= 0.6 is 0 Å². The van der Waals surface area contributed by atoms with Crippen molar-refractivity contribution < 1.29 is 9.53 Å². The first-order chi connectivity index (χ1) is 12.6. The first-order valence-corrected chi connectivity index (χ1v) is 8.30. The van der Waals surface area contributed by atoms with Crippen LogP contribution < -0.4 is 15.4 Å². The maximum absolute atomic E-state index is 12.5. The Kier molecular flexibility index (Phi) is 5.17. The third-order valence-corrected chi connectivity index (χ3v) is 4.10. The molecule has 0 saturated carbocycles. The van der Waals surface area contributed by atoms with Gasteiger partial charge < -0.3 is 15.4 Å². The van der Waals surface area contributed by atoms with E-state index in [4.69, 9.17) is 4.74 Å². The molecule has 132 valence electrons. The molecule has 1 aromatic heterocycles. The van der Waals surface area contributed by atoms with E-state index in [0.29, 0.717) is 11.3 Å². The molecule has 0 saturated heterocycles. The van der Waals surface area contributed by atoms with Crippen LogP contribution in [-0.2, 0) is 0 Å². The number of methoxy groups -OCH3 is 1. The second-order valence-corrected chi connectivity index (χ2v) is 6.04. The Bertz CT molecular complexity index is 901. The van der Waals surface area contributed by atoms with Crippen molar-refractivity contribution in [3.05, 3.63) is 77.6 Å². The Labute approximate surface area is 153 Å². The quantitative estimate of drug-likeness (QED) is 0.702. The zero-order chi connectivity index (χ0) is 18.5. The van der Waals surface area contributed by atoms with E-state index in [9.17, 15) is 4.79 Å². The van der Waals surface area contributed by atoms with Gasteiger partial charge in [-0.15, -0.1) is 0 Å². The van der Waals surface area contributed by atoms with Gasteiger partial charge in [0.05, 0.1) is 24.6 Å². The molecule has 1 heterocycles. The van der Waals surface area contributed by atoms with Gasteiger partial charge in [-0.1, -0.05) is 18.2 Å². The van der Waals surface area contributed by atoms with Gasteiger partial charge >= 0.3 is 0 Å². The van der Waals surface area contributed by atoms with Gasteiger partial charge in [0.2, 0.25) is 0 Å². The highest BCUT2D eigenvalue weighted by Crippen LogP contribution is 2.24. The second-order valence-electron chi connectivity index (χ2n) is 6.04. The van der Waals surface area contributed by atoms with Gasteiger partial charge in [-0.05, 0) is 55.3 Å². The Hall–Kier alpha value is -3.34. The monoisotopic (exact) mass is 347 g/mol. The summed E-state index contributed by atoms with van der Waals surface area (Å²) in [5.74, 6) is 0.525. The fourth-order valence-corrected chi connectivity index (χ4v) is 2.67. The number of hydrogen-bond acceptors (Lipinski definition) is 4. The summed E-state index contributed by atoms with van der Waals surface area (Å²) in [6.45, 7) is 4.09. The summed E-state index contributed by atoms with van der Waals surface area (Å²) in [7, 11) is 1.61. The third-order valence-electron chi connectivity index (χ3n) is 4.10. The van der Waals surface area contributed by atoms with Crippen LogP contribution in [0.2, 0.25) is 0 Å². The number of pyridine rings is 1. The lowest BCUT2D eigenvalue weighted by Crippen LogP contribution is -2.12. The van der Waals surface area contributed by atoms with Crippen LogP contribution in [0.3, 0.4) is 0 Å². The SMILES string of the molecule is COc1ccc(NC(=O)c2cncc(Nc3c(C)cccc3C)c2)cc1. The van der Waals surface area contributed by atoms with Crippen molar-refractivity contribution in [3.63, 3.8) is 0 Å². The number of carbonyl (C=O) groups excluding carboxylic acids is 1. The topological polar surface area (TPSA) is 63.2 Å². The maximum Gasteiger partial charge on any atom is 0.257 e. The summed E-state index contributed by atoms with van der Waals surface area (Å²) in [4.78, 5) is 16.7. The van der Waals surface area contributed by atoms with Gasteiger partial charge in [-0.25, -0.2) is 0 Å². The number of para-hydroxylation sites is 1. The largest absolute Gasteiger partial charge is 0.497 e. The van der Waals surface area contributed by atoms with Crippen LogP contribution in [0.1, 0.15) is 21.5 Å². The lowest BCUT2D eigenvalue weighted by molar-refractivity contribution is 0.102. The Balaban J connectivity index is 1.76. The highest BCUT2D eigenvalue weighted by molar-refractivity contribution is 6.04. The Morgan fingerprint density at radius 1 is 0.962 bits per heavy atom. The van der Waals surface area contributed by atoms with E-state index in [1.165, 1.54) is 0 Å². The summed E-state index contributed by atoms with van der Waals surface area (Å²) in [5.41, 5.74) is 5.25. The first-order valence-electron chi connectivity index (χ1n) is 8.30.